The van der Waals surface area contributed by atoms with E-state index in [1.807, 2.05) is 4.90 Å². The Hall–Kier alpha value is -2.37. The SMILES string of the molecule is Fc1cccc2nc(N3CCc4nc[nH]c4C3)oc12. The fourth-order valence-corrected chi connectivity index (χ4v) is 2.41. The van der Waals surface area contributed by atoms with Gasteiger partial charge in [0, 0.05) is 13.0 Å². The number of H-pyrrole nitrogens is 1. The van der Waals surface area contributed by atoms with Crippen molar-refractivity contribution in [3.8, 4) is 0 Å². The van der Waals surface area contributed by atoms with Gasteiger partial charge in [-0.25, -0.2) is 9.37 Å². The highest BCUT2D eigenvalue weighted by atomic mass is 19.1. The Bertz CT molecular complexity index is 748. The second kappa shape index (κ2) is 3.81. The number of benzene rings is 1. The lowest BCUT2D eigenvalue weighted by Gasteiger charge is -2.24. The first-order chi connectivity index (χ1) is 9.31. The van der Waals surface area contributed by atoms with Crippen LogP contribution in [0.3, 0.4) is 0 Å². The van der Waals surface area contributed by atoms with Crippen LogP contribution in [0.2, 0.25) is 0 Å². The number of hydrogen-bond acceptors (Lipinski definition) is 4. The predicted molar refractivity (Wildman–Crippen MR) is 67.3 cm³/mol. The monoisotopic (exact) mass is 258 g/mol. The van der Waals surface area contributed by atoms with E-state index >= 15 is 0 Å². The van der Waals surface area contributed by atoms with Gasteiger partial charge < -0.3 is 14.3 Å². The zero-order valence-corrected chi connectivity index (χ0v) is 10.1. The van der Waals surface area contributed by atoms with Crippen molar-refractivity contribution in [2.45, 2.75) is 13.0 Å². The minimum absolute atomic E-state index is 0.216. The van der Waals surface area contributed by atoms with Crippen LogP contribution in [0.1, 0.15) is 11.4 Å². The van der Waals surface area contributed by atoms with Gasteiger partial charge in [-0.1, -0.05) is 6.07 Å². The maximum Gasteiger partial charge on any atom is 0.298 e. The van der Waals surface area contributed by atoms with Crippen LogP contribution in [0.5, 0.6) is 0 Å². The summed E-state index contributed by atoms with van der Waals surface area (Å²) in [5, 5.41) is 0. The fourth-order valence-electron chi connectivity index (χ4n) is 2.41. The number of imidazole rings is 1. The quantitative estimate of drug-likeness (QED) is 0.727. The maximum absolute atomic E-state index is 13.6. The van der Waals surface area contributed by atoms with E-state index in [9.17, 15) is 4.39 Å². The Morgan fingerprint density at radius 3 is 3.21 bits per heavy atom. The Morgan fingerprint density at radius 1 is 1.37 bits per heavy atom. The molecule has 1 aliphatic heterocycles. The zero-order valence-electron chi connectivity index (χ0n) is 10.1. The molecule has 6 heteroatoms. The number of nitrogens with one attached hydrogen (secondary N) is 1. The number of para-hydroxylation sites is 1. The summed E-state index contributed by atoms with van der Waals surface area (Å²) in [5.41, 5.74) is 2.91. The molecule has 1 N–H and O–H groups in total. The highest BCUT2D eigenvalue weighted by Gasteiger charge is 2.22. The molecule has 0 atom stereocenters. The van der Waals surface area contributed by atoms with Gasteiger partial charge in [0.2, 0.25) is 0 Å². The molecule has 19 heavy (non-hydrogen) atoms. The van der Waals surface area contributed by atoms with Gasteiger partial charge in [0.05, 0.1) is 24.3 Å². The summed E-state index contributed by atoms with van der Waals surface area (Å²) >= 11 is 0. The van der Waals surface area contributed by atoms with Gasteiger partial charge >= 0.3 is 0 Å². The van der Waals surface area contributed by atoms with Crippen molar-refractivity contribution in [3.05, 3.63) is 41.7 Å². The fraction of sp³-hybridized carbons (Fsp3) is 0.231. The average molecular weight is 258 g/mol. The normalized spacial score (nSPS) is 14.9. The van der Waals surface area contributed by atoms with E-state index in [1.165, 1.54) is 6.07 Å². The maximum atomic E-state index is 13.6. The minimum Gasteiger partial charge on any atom is -0.420 e. The molecule has 0 radical (unpaired) electrons. The standard InChI is InChI=1S/C13H11FN4O/c14-8-2-1-3-10-12(8)19-13(17-10)18-5-4-9-11(6-18)16-7-15-9/h1-3,7H,4-6H2,(H,15,16). The lowest BCUT2D eigenvalue weighted by atomic mass is 10.1. The van der Waals surface area contributed by atoms with Gasteiger partial charge in [0.25, 0.3) is 6.01 Å². The molecular weight excluding hydrogens is 247 g/mol. The summed E-state index contributed by atoms with van der Waals surface area (Å²) in [6.45, 7) is 1.43. The lowest BCUT2D eigenvalue weighted by molar-refractivity contribution is 0.527. The molecule has 96 valence electrons. The van der Waals surface area contributed by atoms with Gasteiger partial charge in [-0.2, -0.15) is 4.98 Å². The van der Waals surface area contributed by atoms with Crippen molar-refractivity contribution >= 4 is 17.1 Å². The first-order valence-electron chi connectivity index (χ1n) is 6.12. The van der Waals surface area contributed by atoms with Crippen molar-refractivity contribution in [3.63, 3.8) is 0 Å². The van der Waals surface area contributed by atoms with E-state index < -0.39 is 0 Å². The number of fused-ring (bicyclic) bond motifs is 2. The van der Waals surface area contributed by atoms with Gasteiger partial charge in [-0.05, 0) is 12.1 Å². The zero-order chi connectivity index (χ0) is 12.8. The van der Waals surface area contributed by atoms with E-state index in [4.69, 9.17) is 4.42 Å². The lowest BCUT2D eigenvalue weighted by Crippen LogP contribution is -2.30. The number of anilines is 1. The molecule has 5 nitrogen and oxygen atoms in total. The summed E-state index contributed by atoms with van der Waals surface area (Å²) in [6.07, 6.45) is 2.53. The molecule has 1 aliphatic rings. The van der Waals surface area contributed by atoms with E-state index in [0.29, 0.717) is 18.1 Å². The summed E-state index contributed by atoms with van der Waals surface area (Å²) in [6, 6.07) is 5.21. The molecule has 3 aromatic rings. The van der Waals surface area contributed by atoms with E-state index in [2.05, 4.69) is 15.0 Å². The second-order valence-corrected chi connectivity index (χ2v) is 4.58. The molecule has 0 saturated carbocycles. The van der Waals surface area contributed by atoms with Crippen molar-refractivity contribution in [1.82, 2.24) is 15.0 Å². The smallest absolute Gasteiger partial charge is 0.298 e. The summed E-state index contributed by atoms with van der Waals surface area (Å²) < 4.78 is 19.1. The van der Waals surface area contributed by atoms with Crippen LogP contribution in [0.4, 0.5) is 10.4 Å². The third-order valence-corrected chi connectivity index (χ3v) is 3.40. The highest BCUT2D eigenvalue weighted by Crippen LogP contribution is 2.27. The van der Waals surface area contributed by atoms with Crippen molar-refractivity contribution < 1.29 is 8.81 Å². The molecule has 0 saturated heterocycles. The van der Waals surface area contributed by atoms with Gasteiger partial charge in [0.1, 0.15) is 5.52 Å². The van der Waals surface area contributed by atoms with Crippen LogP contribution in [0.15, 0.2) is 28.9 Å². The number of aromatic amines is 1. The molecule has 0 aliphatic carbocycles. The average Bonchev–Trinajstić information content (AvgIpc) is 3.04. The van der Waals surface area contributed by atoms with Crippen molar-refractivity contribution in [2.75, 3.05) is 11.4 Å². The van der Waals surface area contributed by atoms with Crippen LogP contribution < -0.4 is 4.90 Å². The summed E-state index contributed by atoms with van der Waals surface area (Å²) in [4.78, 5) is 13.7. The predicted octanol–water partition coefficient (Wildman–Crippen LogP) is 2.25. The number of oxazole rings is 1. The molecule has 2 aromatic heterocycles. The van der Waals surface area contributed by atoms with Gasteiger partial charge in [0.15, 0.2) is 11.4 Å². The summed E-state index contributed by atoms with van der Waals surface area (Å²) in [7, 11) is 0. The largest absolute Gasteiger partial charge is 0.420 e. The third-order valence-electron chi connectivity index (χ3n) is 3.40. The third kappa shape index (κ3) is 1.60. The number of halogens is 1. The topological polar surface area (TPSA) is 58.0 Å². The molecule has 1 aromatic carbocycles. The van der Waals surface area contributed by atoms with E-state index in [0.717, 1.165) is 24.4 Å². The molecule has 0 amide bonds. The first-order valence-corrected chi connectivity index (χ1v) is 6.12. The minimum atomic E-state index is -0.379. The van der Waals surface area contributed by atoms with Crippen molar-refractivity contribution in [1.29, 1.82) is 0 Å². The van der Waals surface area contributed by atoms with E-state index in [-0.39, 0.29) is 11.4 Å². The Balaban J connectivity index is 1.74. The number of nitrogens with zero attached hydrogens (tertiary/aromatic N) is 3. The molecule has 0 spiro atoms. The molecular formula is C13H11FN4O. The van der Waals surface area contributed by atoms with Crippen LogP contribution in [0.25, 0.3) is 11.1 Å². The Morgan fingerprint density at radius 2 is 2.32 bits per heavy atom. The number of rotatable bonds is 1. The molecule has 4 rings (SSSR count). The van der Waals surface area contributed by atoms with Crippen LogP contribution in [0, 0.1) is 5.82 Å². The second-order valence-electron chi connectivity index (χ2n) is 4.58. The molecule has 0 unspecified atom stereocenters. The van der Waals surface area contributed by atoms with Gasteiger partial charge in [-0.3, -0.25) is 0 Å². The Labute approximate surface area is 108 Å². The van der Waals surface area contributed by atoms with Crippen LogP contribution >= 0.6 is 0 Å². The van der Waals surface area contributed by atoms with E-state index in [1.54, 1.807) is 18.5 Å². The van der Waals surface area contributed by atoms with Crippen LogP contribution in [-0.4, -0.2) is 21.5 Å². The Kier molecular flexibility index (Phi) is 2.11. The highest BCUT2D eigenvalue weighted by molar-refractivity contribution is 5.75. The van der Waals surface area contributed by atoms with Crippen LogP contribution in [-0.2, 0) is 13.0 Å². The molecule has 3 heterocycles. The summed E-state index contributed by atoms with van der Waals surface area (Å²) in [5.74, 6) is -0.379. The molecule has 0 fully saturated rings. The van der Waals surface area contributed by atoms with Crippen molar-refractivity contribution in [2.24, 2.45) is 0 Å². The first kappa shape index (κ1) is 10.5. The molecule has 0 bridgehead atoms. The number of aromatic nitrogens is 3. The van der Waals surface area contributed by atoms with Gasteiger partial charge in [-0.15, -0.1) is 0 Å². The number of hydrogen-bond donors (Lipinski definition) is 1.